The molecule has 0 amide bonds. The number of furan rings is 1. The average molecular weight is 359 g/mol. The summed E-state index contributed by atoms with van der Waals surface area (Å²) in [6, 6.07) is 5.84. The van der Waals surface area contributed by atoms with Gasteiger partial charge < -0.3 is 18.7 Å². The molecule has 7 heteroatoms. The SMILES string of the molecule is CCOc1cccc2c(C3CCN4OC(=O)CCC(=O)OC4C3)coc12. The van der Waals surface area contributed by atoms with Gasteiger partial charge in [0.2, 0.25) is 0 Å². The fourth-order valence-corrected chi connectivity index (χ4v) is 3.63. The Morgan fingerprint density at radius 1 is 1.23 bits per heavy atom. The second-order valence-corrected chi connectivity index (χ2v) is 6.53. The molecular weight excluding hydrogens is 338 g/mol. The number of esters is 1. The molecule has 0 aliphatic carbocycles. The Balaban J connectivity index is 1.59. The molecule has 0 radical (unpaired) electrons. The van der Waals surface area contributed by atoms with E-state index in [0.717, 1.165) is 28.7 Å². The monoisotopic (exact) mass is 359 g/mol. The fraction of sp³-hybridized carbons (Fsp3) is 0.474. The molecule has 3 heterocycles. The van der Waals surface area contributed by atoms with E-state index >= 15 is 0 Å². The number of benzene rings is 1. The van der Waals surface area contributed by atoms with E-state index in [9.17, 15) is 9.59 Å². The smallest absolute Gasteiger partial charge is 0.325 e. The highest BCUT2D eigenvalue weighted by molar-refractivity contribution is 5.86. The highest BCUT2D eigenvalue weighted by Gasteiger charge is 2.37. The maximum Gasteiger partial charge on any atom is 0.325 e. The van der Waals surface area contributed by atoms with Crippen molar-refractivity contribution in [2.24, 2.45) is 0 Å². The third-order valence-electron chi connectivity index (χ3n) is 4.86. The highest BCUT2D eigenvalue weighted by atomic mass is 16.7. The first-order valence-corrected chi connectivity index (χ1v) is 8.95. The Morgan fingerprint density at radius 3 is 2.92 bits per heavy atom. The van der Waals surface area contributed by atoms with Crippen molar-refractivity contribution in [2.45, 2.75) is 44.8 Å². The number of carbonyl (C=O) groups is 2. The summed E-state index contributed by atoms with van der Waals surface area (Å²) in [6.45, 7) is 3.01. The molecule has 2 atom stereocenters. The van der Waals surface area contributed by atoms with Crippen LogP contribution in [-0.2, 0) is 19.2 Å². The number of fused-ring (bicyclic) bond motifs is 2. The first kappa shape index (κ1) is 16.9. The molecule has 2 aliphatic heterocycles. The zero-order valence-corrected chi connectivity index (χ0v) is 14.6. The van der Waals surface area contributed by atoms with Gasteiger partial charge in [-0.05, 0) is 25.3 Å². The topological polar surface area (TPSA) is 78.2 Å². The van der Waals surface area contributed by atoms with Gasteiger partial charge in [-0.1, -0.05) is 17.2 Å². The van der Waals surface area contributed by atoms with Crippen molar-refractivity contribution in [2.75, 3.05) is 13.2 Å². The van der Waals surface area contributed by atoms with Gasteiger partial charge in [0, 0.05) is 23.9 Å². The molecule has 4 rings (SSSR count). The number of ether oxygens (including phenoxy) is 2. The molecule has 2 saturated heterocycles. The second-order valence-electron chi connectivity index (χ2n) is 6.53. The van der Waals surface area contributed by atoms with Crippen molar-refractivity contribution < 1.29 is 28.3 Å². The largest absolute Gasteiger partial charge is 0.490 e. The Morgan fingerprint density at radius 2 is 2.08 bits per heavy atom. The minimum Gasteiger partial charge on any atom is -0.490 e. The molecule has 7 nitrogen and oxygen atoms in total. The lowest BCUT2D eigenvalue weighted by atomic mass is 9.89. The van der Waals surface area contributed by atoms with Crippen molar-refractivity contribution in [3.63, 3.8) is 0 Å². The lowest BCUT2D eigenvalue weighted by Gasteiger charge is -2.37. The van der Waals surface area contributed by atoms with Gasteiger partial charge in [-0.3, -0.25) is 9.59 Å². The second kappa shape index (κ2) is 6.99. The molecule has 2 unspecified atom stereocenters. The van der Waals surface area contributed by atoms with E-state index in [-0.39, 0.29) is 30.7 Å². The molecule has 0 spiro atoms. The van der Waals surface area contributed by atoms with Crippen LogP contribution >= 0.6 is 0 Å². The van der Waals surface area contributed by atoms with E-state index < -0.39 is 6.23 Å². The predicted molar refractivity (Wildman–Crippen MR) is 91.3 cm³/mol. The number of nitrogens with zero attached hydrogens (tertiary/aromatic N) is 1. The van der Waals surface area contributed by atoms with Crippen molar-refractivity contribution in [1.82, 2.24) is 5.06 Å². The van der Waals surface area contributed by atoms with E-state index in [2.05, 4.69) is 0 Å². The van der Waals surface area contributed by atoms with Crippen molar-refractivity contribution >= 4 is 22.9 Å². The molecule has 1 aromatic heterocycles. The van der Waals surface area contributed by atoms with E-state index in [4.69, 9.17) is 18.7 Å². The van der Waals surface area contributed by atoms with Crippen LogP contribution in [0, 0.1) is 0 Å². The number of carbonyl (C=O) groups excluding carboxylic acids is 2. The summed E-state index contributed by atoms with van der Waals surface area (Å²) in [6.07, 6.45) is 2.62. The number of hydrogen-bond acceptors (Lipinski definition) is 7. The normalized spacial score (nSPS) is 24.3. The lowest BCUT2D eigenvalue weighted by Crippen LogP contribution is -2.46. The van der Waals surface area contributed by atoms with Gasteiger partial charge in [0.05, 0.1) is 25.7 Å². The minimum atomic E-state index is -0.564. The standard InChI is InChI=1S/C19H21NO6/c1-2-23-15-5-3-4-13-14(11-24-19(13)15)12-8-9-20-16(10-12)25-17(21)6-7-18(22)26-20/h3-5,11-12,16H,2,6-10H2,1H3. The van der Waals surface area contributed by atoms with Gasteiger partial charge in [-0.2, -0.15) is 0 Å². The Bertz CT molecular complexity index is 829. The van der Waals surface area contributed by atoms with Crippen molar-refractivity contribution in [3.8, 4) is 5.75 Å². The molecule has 2 fully saturated rings. The molecule has 1 aromatic carbocycles. The van der Waals surface area contributed by atoms with E-state index in [1.165, 1.54) is 5.06 Å². The van der Waals surface area contributed by atoms with Gasteiger partial charge in [0.25, 0.3) is 0 Å². The molecule has 0 saturated carbocycles. The van der Waals surface area contributed by atoms with E-state index in [0.29, 0.717) is 19.6 Å². The van der Waals surface area contributed by atoms with Crippen LogP contribution in [0.5, 0.6) is 5.75 Å². The first-order valence-electron chi connectivity index (χ1n) is 8.95. The van der Waals surface area contributed by atoms with Gasteiger partial charge in [0.1, 0.15) is 0 Å². The Kier molecular flexibility index (Phi) is 4.55. The van der Waals surface area contributed by atoms with Crippen LogP contribution in [0.3, 0.4) is 0 Å². The van der Waals surface area contributed by atoms with Crippen LogP contribution in [0.15, 0.2) is 28.9 Å². The maximum absolute atomic E-state index is 11.9. The van der Waals surface area contributed by atoms with Gasteiger partial charge in [-0.15, -0.1) is 0 Å². The molecule has 0 N–H and O–H groups in total. The molecule has 0 bridgehead atoms. The summed E-state index contributed by atoms with van der Waals surface area (Å²) < 4.78 is 16.9. The van der Waals surface area contributed by atoms with Crippen molar-refractivity contribution in [1.29, 1.82) is 0 Å². The van der Waals surface area contributed by atoms with E-state index in [1.54, 1.807) is 6.26 Å². The van der Waals surface area contributed by atoms with Gasteiger partial charge in [-0.25, -0.2) is 0 Å². The molecule has 2 aromatic rings. The van der Waals surface area contributed by atoms with Crippen molar-refractivity contribution in [3.05, 3.63) is 30.0 Å². The summed E-state index contributed by atoms with van der Waals surface area (Å²) >= 11 is 0. The molecule has 2 aliphatic rings. The van der Waals surface area contributed by atoms with Crippen LogP contribution in [0.25, 0.3) is 11.0 Å². The lowest BCUT2D eigenvalue weighted by molar-refractivity contribution is -0.257. The summed E-state index contributed by atoms with van der Waals surface area (Å²) in [5.74, 6) is 0.105. The fourth-order valence-electron chi connectivity index (χ4n) is 3.63. The number of piperidine rings is 1. The molecule has 26 heavy (non-hydrogen) atoms. The minimum absolute atomic E-state index is 0.0536. The number of para-hydroxylation sites is 1. The van der Waals surface area contributed by atoms with Gasteiger partial charge in [0.15, 0.2) is 17.6 Å². The number of hydrogen-bond donors (Lipinski definition) is 0. The summed E-state index contributed by atoms with van der Waals surface area (Å²) in [7, 11) is 0. The quantitative estimate of drug-likeness (QED) is 0.779. The highest BCUT2D eigenvalue weighted by Crippen LogP contribution is 2.39. The Labute approximate surface area is 150 Å². The van der Waals surface area contributed by atoms with Crippen LogP contribution in [-0.4, -0.2) is 36.4 Å². The average Bonchev–Trinajstić information content (AvgIpc) is 3.06. The number of hydroxylamine groups is 2. The molecular formula is C19H21NO6. The summed E-state index contributed by atoms with van der Waals surface area (Å²) in [4.78, 5) is 28.9. The Hall–Kier alpha value is -2.54. The summed E-state index contributed by atoms with van der Waals surface area (Å²) in [5, 5.41) is 2.49. The third-order valence-corrected chi connectivity index (χ3v) is 4.86. The van der Waals surface area contributed by atoms with Gasteiger partial charge >= 0.3 is 11.9 Å². The zero-order valence-electron chi connectivity index (χ0n) is 14.6. The number of rotatable bonds is 3. The van der Waals surface area contributed by atoms with Crippen LogP contribution in [0.2, 0.25) is 0 Å². The summed E-state index contributed by atoms with van der Waals surface area (Å²) in [5.41, 5.74) is 1.79. The van der Waals surface area contributed by atoms with Crippen LogP contribution < -0.4 is 4.74 Å². The van der Waals surface area contributed by atoms with Crippen LogP contribution in [0.4, 0.5) is 0 Å². The predicted octanol–water partition coefficient (Wildman–Crippen LogP) is 3.13. The molecule has 138 valence electrons. The van der Waals surface area contributed by atoms with Crippen LogP contribution in [0.1, 0.15) is 44.1 Å². The first-order chi connectivity index (χ1) is 12.7. The maximum atomic E-state index is 11.9. The zero-order chi connectivity index (χ0) is 18.1. The van der Waals surface area contributed by atoms with E-state index in [1.807, 2.05) is 25.1 Å². The third kappa shape index (κ3) is 3.14.